The van der Waals surface area contributed by atoms with Gasteiger partial charge in [-0.2, -0.15) is 0 Å². The lowest BCUT2D eigenvalue weighted by Crippen LogP contribution is -2.45. The van der Waals surface area contributed by atoms with E-state index in [1.54, 1.807) is 0 Å². The summed E-state index contributed by atoms with van der Waals surface area (Å²) in [5.74, 6) is 0.909. The second-order valence-electron chi connectivity index (χ2n) is 5.55. The van der Waals surface area contributed by atoms with E-state index in [1.165, 1.54) is 5.56 Å². The van der Waals surface area contributed by atoms with Crippen LogP contribution in [0.2, 0.25) is 0 Å². The topological polar surface area (TPSA) is 44.7 Å². The van der Waals surface area contributed by atoms with E-state index in [2.05, 4.69) is 22.3 Å². The number of piperazine rings is 1. The summed E-state index contributed by atoms with van der Waals surface area (Å²) in [5.41, 5.74) is 1.26. The Balaban J connectivity index is 0.00000220. The maximum absolute atomic E-state index is 9.34. The fourth-order valence-corrected chi connectivity index (χ4v) is 2.72. The molecule has 2 rings (SSSR count). The molecule has 0 saturated carbocycles. The molecule has 1 atom stereocenters. The second-order valence-corrected chi connectivity index (χ2v) is 5.55. The highest BCUT2D eigenvalue weighted by molar-refractivity contribution is 5.85. The predicted molar refractivity (Wildman–Crippen MR) is 88.3 cm³/mol. The van der Waals surface area contributed by atoms with E-state index in [4.69, 9.17) is 4.74 Å². The molecule has 2 N–H and O–H groups in total. The number of hydrogen-bond acceptors (Lipinski definition) is 4. The summed E-state index contributed by atoms with van der Waals surface area (Å²) in [4.78, 5) is 2.45. The smallest absolute Gasteiger partial charge is 0.119 e. The Morgan fingerprint density at radius 1 is 1.19 bits per heavy atom. The minimum atomic E-state index is 0. The molecular formula is C16H27ClN2O2. The summed E-state index contributed by atoms with van der Waals surface area (Å²) in [5, 5.41) is 12.7. The van der Waals surface area contributed by atoms with Gasteiger partial charge < -0.3 is 15.2 Å². The standard InChI is InChI=1S/C16H26N2O2.ClH/c1-13(2)20-15-5-3-14(4-6-15)16(7-12-19)18-10-8-17-9-11-18;/h3-6,13,16-17,19H,7-12H2,1-2H3;1H/t16-;/m0./s1. The van der Waals surface area contributed by atoms with Crippen molar-refractivity contribution in [3.63, 3.8) is 0 Å². The van der Waals surface area contributed by atoms with Crippen LogP contribution in [0.25, 0.3) is 0 Å². The molecule has 0 aromatic heterocycles. The summed E-state index contributed by atoms with van der Waals surface area (Å²) < 4.78 is 5.68. The number of halogens is 1. The van der Waals surface area contributed by atoms with Gasteiger partial charge in [-0.25, -0.2) is 0 Å². The van der Waals surface area contributed by atoms with E-state index in [9.17, 15) is 5.11 Å². The Kier molecular flexibility index (Phi) is 8.04. The number of nitrogens with zero attached hydrogens (tertiary/aromatic N) is 1. The molecule has 1 aliphatic heterocycles. The SMILES string of the molecule is CC(C)Oc1ccc([C@H](CCO)N2CCNCC2)cc1.Cl. The van der Waals surface area contributed by atoms with E-state index in [0.29, 0.717) is 6.04 Å². The maximum atomic E-state index is 9.34. The van der Waals surface area contributed by atoms with Gasteiger partial charge in [-0.3, -0.25) is 4.90 Å². The fraction of sp³-hybridized carbons (Fsp3) is 0.625. The summed E-state index contributed by atoms with van der Waals surface area (Å²) in [6.45, 7) is 8.40. The van der Waals surface area contributed by atoms with Gasteiger partial charge in [-0.05, 0) is 38.0 Å². The molecule has 5 heteroatoms. The molecule has 21 heavy (non-hydrogen) atoms. The van der Waals surface area contributed by atoms with E-state index in [0.717, 1.165) is 38.3 Å². The molecule has 0 bridgehead atoms. The number of benzene rings is 1. The number of rotatable bonds is 6. The van der Waals surface area contributed by atoms with E-state index < -0.39 is 0 Å². The molecule has 0 unspecified atom stereocenters. The van der Waals surface area contributed by atoms with E-state index in [-0.39, 0.29) is 25.1 Å². The molecule has 120 valence electrons. The number of aliphatic hydroxyl groups excluding tert-OH is 1. The average Bonchev–Trinajstić information content (AvgIpc) is 2.46. The second kappa shape index (κ2) is 9.26. The van der Waals surface area contributed by atoms with Crippen molar-refractivity contribution in [2.24, 2.45) is 0 Å². The molecule has 1 aromatic rings. The first kappa shape index (κ1) is 18.2. The van der Waals surface area contributed by atoms with Crippen LogP contribution in [0, 0.1) is 0 Å². The van der Waals surface area contributed by atoms with Gasteiger partial charge in [0.25, 0.3) is 0 Å². The first-order valence-electron chi connectivity index (χ1n) is 7.53. The van der Waals surface area contributed by atoms with Crippen molar-refractivity contribution in [1.29, 1.82) is 0 Å². The Morgan fingerprint density at radius 3 is 2.33 bits per heavy atom. The van der Waals surface area contributed by atoms with E-state index >= 15 is 0 Å². The van der Waals surface area contributed by atoms with Crippen LogP contribution >= 0.6 is 12.4 Å². The molecule has 1 saturated heterocycles. The van der Waals surface area contributed by atoms with Gasteiger partial charge in [0.15, 0.2) is 0 Å². The van der Waals surface area contributed by atoms with Crippen LogP contribution in [0.15, 0.2) is 24.3 Å². The molecule has 0 radical (unpaired) electrons. The zero-order chi connectivity index (χ0) is 14.4. The van der Waals surface area contributed by atoms with Crippen molar-refractivity contribution in [2.45, 2.75) is 32.4 Å². The molecule has 0 aliphatic carbocycles. The third-order valence-corrected chi connectivity index (χ3v) is 3.63. The van der Waals surface area contributed by atoms with Crippen LogP contribution in [0.1, 0.15) is 31.9 Å². The summed E-state index contributed by atoms with van der Waals surface area (Å²) in [6.07, 6.45) is 0.979. The van der Waals surface area contributed by atoms with Crippen LogP contribution in [-0.4, -0.2) is 48.9 Å². The lowest BCUT2D eigenvalue weighted by atomic mass is 10.0. The summed E-state index contributed by atoms with van der Waals surface area (Å²) in [6, 6.07) is 8.61. The molecule has 4 nitrogen and oxygen atoms in total. The van der Waals surface area contributed by atoms with Crippen LogP contribution in [-0.2, 0) is 0 Å². The molecule has 0 amide bonds. The molecule has 1 aliphatic rings. The van der Waals surface area contributed by atoms with Crippen LogP contribution < -0.4 is 10.1 Å². The largest absolute Gasteiger partial charge is 0.491 e. The van der Waals surface area contributed by atoms with Crippen molar-refractivity contribution < 1.29 is 9.84 Å². The first-order chi connectivity index (χ1) is 9.70. The third kappa shape index (κ3) is 5.47. The van der Waals surface area contributed by atoms with Crippen LogP contribution in [0.3, 0.4) is 0 Å². The summed E-state index contributed by atoms with van der Waals surface area (Å²) >= 11 is 0. The Morgan fingerprint density at radius 2 is 1.81 bits per heavy atom. The zero-order valence-electron chi connectivity index (χ0n) is 12.9. The Labute approximate surface area is 133 Å². The van der Waals surface area contributed by atoms with Gasteiger partial charge in [0, 0.05) is 38.8 Å². The van der Waals surface area contributed by atoms with Crippen LogP contribution in [0.5, 0.6) is 5.75 Å². The normalized spacial score (nSPS) is 17.3. The van der Waals surface area contributed by atoms with Crippen molar-refractivity contribution in [3.8, 4) is 5.75 Å². The summed E-state index contributed by atoms with van der Waals surface area (Å²) in [7, 11) is 0. The highest BCUT2D eigenvalue weighted by atomic mass is 35.5. The van der Waals surface area contributed by atoms with E-state index in [1.807, 2.05) is 26.0 Å². The van der Waals surface area contributed by atoms with Gasteiger partial charge in [0.1, 0.15) is 5.75 Å². The van der Waals surface area contributed by atoms with Crippen molar-refractivity contribution in [1.82, 2.24) is 10.2 Å². The van der Waals surface area contributed by atoms with Gasteiger partial charge in [0.2, 0.25) is 0 Å². The van der Waals surface area contributed by atoms with Crippen molar-refractivity contribution in [3.05, 3.63) is 29.8 Å². The highest BCUT2D eigenvalue weighted by Crippen LogP contribution is 2.26. The first-order valence-corrected chi connectivity index (χ1v) is 7.53. The van der Waals surface area contributed by atoms with Crippen LogP contribution in [0.4, 0.5) is 0 Å². The van der Waals surface area contributed by atoms with Crippen molar-refractivity contribution >= 4 is 12.4 Å². The molecule has 0 spiro atoms. The molecule has 1 aromatic carbocycles. The number of aliphatic hydroxyl groups is 1. The molecular weight excluding hydrogens is 288 g/mol. The zero-order valence-corrected chi connectivity index (χ0v) is 13.7. The van der Waals surface area contributed by atoms with Gasteiger partial charge in [-0.1, -0.05) is 12.1 Å². The Bertz CT molecular complexity index is 392. The number of ether oxygens (including phenoxy) is 1. The Hall–Kier alpha value is -0.810. The molecule has 1 heterocycles. The predicted octanol–water partition coefficient (Wildman–Crippen LogP) is 2.22. The quantitative estimate of drug-likeness (QED) is 0.845. The van der Waals surface area contributed by atoms with Gasteiger partial charge in [0.05, 0.1) is 6.10 Å². The fourth-order valence-electron chi connectivity index (χ4n) is 2.72. The highest BCUT2D eigenvalue weighted by Gasteiger charge is 2.21. The van der Waals surface area contributed by atoms with Gasteiger partial charge in [-0.15, -0.1) is 12.4 Å². The number of hydrogen-bond donors (Lipinski definition) is 2. The lowest BCUT2D eigenvalue weighted by molar-refractivity contribution is 0.141. The van der Waals surface area contributed by atoms with Crippen molar-refractivity contribution in [2.75, 3.05) is 32.8 Å². The maximum Gasteiger partial charge on any atom is 0.119 e. The minimum absolute atomic E-state index is 0. The average molecular weight is 315 g/mol. The molecule has 1 fully saturated rings. The third-order valence-electron chi connectivity index (χ3n) is 3.63. The minimum Gasteiger partial charge on any atom is -0.491 e. The number of nitrogens with one attached hydrogen (secondary N) is 1. The van der Waals surface area contributed by atoms with Gasteiger partial charge >= 0.3 is 0 Å². The monoisotopic (exact) mass is 314 g/mol. The lowest BCUT2D eigenvalue weighted by Gasteiger charge is -2.35.